The molecule has 0 saturated carbocycles. The van der Waals surface area contributed by atoms with Gasteiger partial charge in [0.25, 0.3) is 0 Å². The highest BCUT2D eigenvalue weighted by Crippen LogP contribution is 2.26. The molecule has 0 saturated heterocycles. The maximum absolute atomic E-state index is 11.3. The molecule has 2 N–H and O–H groups in total. The van der Waals surface area contributed by atoms with Crippen LogP contribution in [0.4, 0.5) is 5.82 Å². The molecular formula is C19H17N3O2. The Morgan fingerprint density at radius 1 is 1.25 bits per heavy atom. The molecule has 0 amide bonds. The van der Waals surface area contributed by atoms with E-state index in [4.69, 9.17) is 5.73 Å². The number of anilines is 1. The molecule has 0 aliphatic carbocycles. The molecule has 5 heteroatoms. The number of ether oxygens (including phenoxy) is 1. The number of aryl methyl sites for hydroxylation is 1. The molecular weight excluding hydrogens is 302 g/mol. The minimum absolute atomic E-state index is 0.341. The summed E-state index contributed by atoms with van der Waals surface area (Å²) in [6.07, 6.45) is 4.63. The number of nitrogens with zero attached hydrogens (tertiary/aromatic N) is 2. The Labute approximate surface area is 139 Å². The van der Waals surface area contributed by atoms with Gasteiger partial charge in [0.05, 0.1) is 24.5 Å². The predicted octanol–water partition coefficient (Wildman–Crippen LogP) is 3.37. The number of hydrogen-bond acceptors (Lipinski definition) is 5. The van der Waals surface area contributed by atoms with Gasteiger partial charge in [0, 0.05) is 22.6 Å². The summed E-state index contributed by atoms with van der Waals surface area (Å²) in [6.45, 7) is 2.05. The summed E-state index contributed by atoms with van der Waals surface area (Å²) in [5, 5.41) is 0.905. The first-order valence-electron chi connectivity index (χ1n) is 7.47. The maximum Gasteiger partial charge on any atom is 0.330 e. The van der Waals surface area contributed by atoms with Gasteiger partial charge < -0.3 is 10.5 Å². The van der Waals surface area contributed by atoms with Gasteiger partial charge in [-0.2, -0.15) is 0 Å². The molecule has 5 nitrogen and oxygen atoms in total. The van der Waals surface area contributed by atoms with Gasteiger partial charge in [-0.25, -0.2) is 9.78 Å². The third-order valence-corrected chi connectivity index (χ3v) is 3.78. The fourth-order valence-electron chi connectivity index (χ4n) is 2.48. The zero-order valence-corrected chi connectivity index (χ0v) is 13.5. The molecule has 3 rings (SSSR count). The van der Waals surface area contributed by atoms with E-state index in [2.05, 4.69) is 14.7 Å². The molecule has 0 atom stereocenters. The van der Waals surface area contributed by atoms with Crippen molar-refractivity contribution in [1.29, 1.82) is 0 Å². The van der Waals surface area contributed by atoms with E-state index in [1.807, 2.05) is 43.3 Å². The molecule has 24 heavy (non-hydrogen) atoms. The molecule has 0 aliphatic rings. The predicted molar refractivity (Wildman–Crippen MR) is 95.2 cm³/mol. The molecule has 1 aromatic carbocycles. The maximum atomic E-state index is 11.3. The van der Waals surface area contributed by atoms with Gasteiger partial charge in [-0.05, 0) is 30.7 Å². The lowest BCUT2D eigenvalue weighted by Crippen LogP contribution is -1.98. The van der Waals surface area contributed by atoms with Gasteiger partial charge >= 0.3 is 5.97 Å². The third kappa shape index (κ3) is 3.10. The highest BCUT2D eigenvalue weighted by atomic mass is 16.5. The minimum atomic E-state index is -0.440. The van der Waals surface area contributed by atoms with Crippen LogP contribution in [0.1, 0.15) is 11.1 Å². The lowest BCUT2D eigenvalue weighted by molar-refractivity contribution is -0.134. The first-order valence-corrected chi connectivity index (χ1v) is 7.47. The number of benzene rings is 1. The fraction of sp³-hybridized carbons (Fsp3) is 0.105. The van der Waals surface area contributed by atoms with Gasteiger partial charge in [0.1, 0.15) is 5.82 Å². The molecule has 2 aromatic heterocycles. The van der Waals surface area contributed by atoms with Crippen molar-refractivity contribution in [3.05, 3.63) is 59.8 Å². The molecule has 2 heterocycles. The fourth-order valence-corrected chi connectivity index (χ4v) is 2.48. The van der Waals surface area contributed by atoms with Crippen LogP contribution in [-0.4, -0.2) is 23.0 Å². The van der Waals surface area contributed by atoms with Gasteiger partial charge in [-0.15, -0.1) is 0 Å². The van der Waals surface area contributed by atoms with E-state index in [0.717, 1.165) is 22.2 Å². The molecule has 0 unspecified atom stereocenters. The summed E-state index contributed by atoms with van der Waals surface area (Å²) < 4.78 is 4.59. The van der Waals surface area contributed by atoms with E-state index in [1.54, 1.807) is 12.3 Å². The van der Waals surface area contributed by atoms with E-state index in [1.165, 1.54) is 13.2 Å². The van der Waals surface area contributed by atoms with Crippen LogP contribution < -0.4 is 5.73 Å². The summed E-state index contributed by atoms with van der Waals surface area (Å²) in [5.41, 5.74) is 10.4. The Hall–Kier alpha value is -3.21. The van der Waals surface area contributed by atoms with Crippen molar-refractivity contribution in [3.8, 4) is 11.3 Å². The summed E-state index contributed by atoms with van der Waals surface area (Å²) >= 11 is 0. The van der Waals surface area contributed by atoms with Gasteiger partial charge in [-0.3, -0.25) is 4.98 Å². The zero-order valence-electron chi connectivity index (χ0n) is 13.5. The molecule has 0 spiro atoms. The lowest BCUT2D eigenvalue weighted by atomic mass is 10.0. The van der Waals surface area contributed by atoms with E-state index in [9.17, 15) is 4.79 Å². The summed E-state index contributed by atoms with van der Waals surface area (Å²) in [5.74, 6) is -0.0991. The Morgan fingerprint density at radius 2 is 2.04 bits per heavy atom. The van der Waals surface area contributed by atoms with Crippen molar-refractivity contribution in [2.24, 2.45) is 0 Å². The molecule has 0 fully saturated rings. The Bertz CT molecular complexity index is 948. The number of methoxy groups -OCH3 is 1. The lowest BCUT2D eigenvalue weighted by Gasteiger charge is -2.08. The second-order valence-electron chi connectivity index (χ2n) is 5.40. The highest BCUT2D eigenvalue weighted by Gasteiger charge is 2.07. The van der Waals surface area contributed by atoms with Crippen LogP contribution in [0.3, 0.4) is 0 Å². The number of aromatic nitrogens is 2. The van der Waals surface area contributed by atoms with Crippen molar-refractivity contribution >= 4 is 28.8 Å². The standard InChI is InChI=1S/C19H17N3O2/c1-12-5-3-4-6-15(12)16-10-14-9-13(7-8-18(23)24-2)19(20)22-17(14)11-21-16/h3-11H,1-2H3,(H2,20,22)/b8-7+. The third-order valence-electron chi connectivity index (χ3n) is 3.78. The van der Waals surface area contributed by atoms with E-state index < -0.39 is 5.97 Å². The van der Waals surface area contributed by atoms with Gasteiger partial charge in [0.15, 0.2) is 0 Å². The Kier molecular flexibility index (Phi) is 4.24. The SMILES string of the molecule is COC(=O)/C=C/c1cc2cc(-c3ccccc3C)ncc2nc1N. The van der Waals surface area contributed by atoms with E-state index in [0.29, 0.717) is 16.9 Å². The quantitative estimate of drug-likeness (QED) is 0.591. The molecule has 0 aliphatic heterocycles. The van der Waals surface area contributed by atoms with Crippen molar-refractivity contribution in [2.45, 2.75) is 6.92 Å². The molecule has 3 aromatic rings. The number of rotatable bonds is 3. The Morgan fingerprint density at radius 3 is 2.79 bits per heavy atom. The second-order valence-corrected chi connectivity index (χ2v) is 5.40. The van der Waals surface area contributed by atoms with E-state index in [-0.39, 0.29) is 0 Å². The minimum Gasteiger partial charge on any atom is -0.466 e. The topological polar surface area (TPSA) is 78.1 Å². The van der Waals surface area contributed by atoms with Crippen molar-refractivity contribution in [3.63, 3.8) is 0 Å². The van der Waals surface area contributed by atoms with Crippen molar-refractivity contribution < 1.29 is 9.53 Å². The van der Waals surface area contributed by atoms with E-state index >= 15 is 0 Å². The number of hydrogen-bond donors (Lipinski definition) is 1. The summed E-state index contributed by atoms with van der Waals surface area (Å²) in [4.78, 5) is 20.1. The number of carbonyl (C=O) groups is 1. The molecule has 120 valence electrons. The van der Waals surface area contributed by atoms with Gasteiger partial charge in [-0.1, -0.05) is 24.3 Å². The van der Waals surface area contributed by atoms with Crippen LogP contribution in [0.15, 0.2) is 48.7 Å². The van der Waals surface area contributed by atoms with Crippen molar-refractivity contribution in [1.82, 2.24) is 9.97 Å². The van der Waals surface area contributed by atoms with Crippen LogP contribution in [-0.2, 0) is 9.53 Å². The van der Waals surface area contributed by atoms with Crippen LogP contribution in [0, 0.1) is 6.92 Å². The first-order chi connectivity index (χ1) is 11.6. The molecule has 0 bridgehead atoms. The average molecular weight is 319 g/mol. The normalized spacial score (nSPS) is 11.1. The number of fused-ring (bicyclic) bond motifs is 1. The number of esters is 1. The van der Waals surface area contributed by atoms with Crippen LogP contribution in [0.2, 0.25) is 0 Å². The zero-order chi connectivity index (χ0) is 17.1. The number of nitrogen functional groups attached to an aromatic ring is 1. The largest absolute Gasteiger partial charge is 0.466 e. The molecule has 0 radical (unpaired) electrons. The Balaban J connectivity index is 2.09. The monoisotopic (exact) mass is 319 g/mol. The van der Waals surface area contributed by atoms with Crippen molar-refractivity contribution in [2.75, 3.05) is 12.8 Å². The summed E-state index contributed by atoms with van der Waals surface area (Å²) in [7, 11) is 1.33. The van der Waals surface area contributed by atoms with Crippen LogP contribution in [0.25, 0.3) is 28.2 Å². The highest BCUT2D eigenvalue weighted by molar-refractivity contribution is 5.91. The number of pyridine rings is 2. The number of nitrogens with two attached hydrogens (primary N) is 1. The smallest absolute Gasteiger partial charge is 0.330 e. The average Bonchev–Trinajstić information content (AvgIpc) is 2.59. The summed E-state index contributed by atoms with van der Waals surface area (Å²) in [6, 6.07) is 11.9. The first kappa shape index (κ1) is 15.7. The second kappa shape index (κ2) is 6.50. The van der Waals surface area contributed by atoms with Crippen LogP contribution >= 0.6 is 0 Å². The van der Waals surface area contributed by atoms with Gasteiger partial charge in [0.2, 0.25) is 0 Å². The van der Waals surface area contributed by atoms with Crippen LogP contribution in [0.5, 0.6) is 0 Å². The number of carbonyl (C=O) groups excluding carboxylic acids is 1.